The van der Waals surface area contributed by atoms with Crippen LogP contribution in [0.1, 0.15) is 47.5 Å². The highest BCUT2D eigenvalue weighted by molar-refractivity contribution is 4.96. The quantitative estimate of drug-likeness (QED) is 0.680. The zero-order chi connectivity index (χ0) is 9.99. The van der Waals surface area contributed by atoms with Gasteiger partial charge in [-0.25, -0.2) is 0 Å². The first kappa shape index (κ1) is 11.9. The van der Waals surface area contributed by atoms with Crippen LogP contribution < -0.4 is 11.5 Å². The average molecular weight is 172 g/mol. The topological polar surface area (TPSA) is 52.0 Å². The summed E-state index contributed by atoms with van der Waals surface area (Å²) in [6.07, 6.45) is 2.17. The first-order valence-electron chi connectivity index (χ1n) is 4.78. The molecule has 1 unspecified atom stereocenters. The van der Waals surface area contributed by atoms with E-state index in [0.29, 0.717) is 0 Å². The maximum Gasteiger partial charge on any atom is 0.0163 e. The fraction of sp³-hybridized carbons (Fsp3) is 1.00. The van der Waals surface area contributed by atoms with E-state index in [2.05, 4.69) is 20.8 Å². The molecule has 0 aliphatic rings. The minimum absolute atomic E-state index is 0.00299. The summed E-state index contributed by atoms with van der Waals surface area (Å²) in [5.41, 5.74) is 11.9. The molecule has 0 rings (SSSR count). The minimum atomic E-state index is -0.207. The number of rotatable bonds is 4. The van der Waals surface area contributed by atoms with Gasteiger partial charge in [0.05, 0.1) is 0 Å². The lowest BCUT2D eigenvalue weighted by Crippen LogP contribution is -2.56. The van der Waals surface area contributed by atoms with Crippen LogP contribution in [0.3, 0.4) is 0 Å². The van der Waals surface area contributed by atoms with Crippen molar-refractivity contribution >= 4 is 0 Å². The molecule has 2 heteroatoms. The van der Waals surface area contributed by atoms with E-state index >= 15 is 0 Å². The maximum absolute atomic E-state index is 6.07. The Morgan fingerprint density at radius 2 is 1.58 bits per heavy atom. The summed E-state index contributed by atoms with van der Waals surface area (Å²) in [7, 11) is 0. The van der Waals surface area contributed by atoms with Gasteiger partial charge in [0.2, 0.25) is 0 Å². The van der Waals surface area contributed by atoms with Crippen LogP contribution in [-0.2, 0) is 0 Å². The second-order valence-electron chi connectivity index (χ2n) is 4.84. The molecule has 74 valence electrons. The van der Waals surface area contributed by atoms with E-state index in [4.69, 9.17) is 11.5 Å². The fourth-order valence-electron chi connectivity index (χ4n) is 1.15. The summed E-state index contributed by atoms with van der Waals surface area (Å²) in [6, 6.07) is 0.197. The Labute approximate surface area is 76.7 Å². The molecular formula is C10H24N2. The van der Waals surface area contributed by atoms with Crippen LogP contribution in [0.25, 0.3) is 0 Å². The number of nitrogens with two attached hydrogens (primary N) is 2. The van der Waals surface area contributed by atoms with E-state index in [1.54, 1.807) is 0 Å². The lowest BCUT2D eigenvalue weighted by Gasteiger charge is -2.43. The molecule has 0 aliphatic heterocycles. The lowest BCUT2D eigenvalue weighted by atomic mass is 9.69. The molecule has 0 spiro atoms. The third-order valence-corrected chi connectivity index (χ3v) is 3.19. The first-order valence-corrected chi connectivity index (χ1v) is 4.78. The van der Waals surface area contributed by atoms with Crippen LogP contribution in [0.5, 0.6) is 0 Å². The van der Waals surface area contributed by atoms with Gasteiger partial charge in [-0.15, -0.1) is 0 Å². The molecule has 2 nitrogen and oxygen atoms in total. The van der Waals surface area contributed by atoms with Crippen molar-refractivity contribution in [2.75, 3.05) is 0 Å². The van der Waals surface area contributed by atoms with Gasteiger partial charge in [0.15, 0.2) is 0 Å². The molecule has 0 aromatic heterocycles. The molecular weight excluding hydrogens is 148 g/mol. The summed E-state index contributed by atoms with van der Waals surface area (Å²) in [6.45, 7) is 10.5. The van der Waals surface area contributed by atoms with Crippen LogP contribution in [0.2, 0.25) is 0 Å². The monoisotopic (exact) mass is 172 g/mol. The van der Waals surface area contributed by atoms with Crippen LogP contribution >= 0.6 is 0 Å². The Bertz CT molecular complexity index is 133. The molecule has 0 radical (unpaired) electrons. The molecule has 0 heterocycles. The van der Waals surface area contributed by atoms with Gasteiger partial charge in [-0.05, 0) is 25.7 Å². The predicted molar refractivity (Wildman–Crippen MR) is 54.9 cm³/mol. The molecule has 0 fully saturated rings. The van der Waals surface area contributed by atoms with Crippen molar-refractivity contribution in [2.24, 2.45) is 16.9 Å². The summed E-state index contributed by atoms with van der Waals surface area (Å²) >= 11 is 0. The molecule has 0 amide bonds. The average Bonchev–Trinajstić information content (AvgIpc) is 1.85. The van der Waals surface area contributed by atoms with E-state index in [-0.39, 0.29) is 17.0 Å². The molecule has 4 N–H and O–H groups in total. The summed E-state index contributed by atoms with van der Waals surface area (Å²) in [4.78, 5) is 0. The highest BCUT2D eigenvalue weighted by Crippen LogP contribution is 2.32. The lowest BCUT2D eigenvalue weighted by molar-refractivity contribution is 0.151. The van der Waals surface area contributed by atoms with Crippen LogP contribution in [0, 0.1) is 5.41 Å². The number of hydrogen-bond acceptors (Lipinski definition) is 2. The van der Waals surface area contributed by atoms with Crippen LogP contribution in [0.4, 0.5) is 0 Å². The van der Waals surface area contributed by atoms with Crippen molar-refractivity contribution in [1.82, 2.24) is 0 Å². The van der Waals surface area contributed by atoms with Gasteiger partial charge in [-0.2, -0.15) is 0 Å². The SMILES string of the molecule is CCCC(N)C(C)(C)C(C)(C)N. The van der Waals surface area contributed by atoms with Crippen molar-refractivity contribution in [2.45, 2.75) is 59.0 Å². The molecule has 0 aromatic rings. The van der Waals surface area contributed by atoms with Gasteiger partial charge in [-0.1, -0.05) is 27.2 Å². The highest BCUT2D eigenvalue weighted by atomic mass is 14.8. The van der Waals surface area contributed by atoms with E-state index < -0.39 is 0 Å². The Kier molecular flexibility index (Phi) is 3.73. The van der Waals surface area contributed by atoms with Crippen molar-refractivity contribution in [1.29, 1.82) is 0 Å². The second-order valence-corrected chi connectivity index (χ2v) is 4.84. The summed E-state index contributed by atoms with van der Waals surface area (Å²) < 4.78 is 0. The van der Waals surface area contributed by atoms with Crippen molar-refractivity contribution in [3.8, 4) is 0 Å². The molecule has 0 aromatic carbocycles. The van der Waals surface area contributed by atoms with Crippen molar-refractivity contribution in [3.05, 3.63) is 0 Å². The molecule has 12 heavy (non-hydrogen) atoms. The van der Waals surface area contributed by atoms with E-state index in [1.807, 2.05) is 13.8 Å². The minimum Gasteiger partial charge on any atom is -0.327 e. The molecule has 0 saturated heterocycles. The third kappa shape index (κ3) is 2.46. The maximum atomic E-state index is 6.07. The molecule has 0 saturated carbocycles. The Morgan fingerprint density at radius 1 is 1.17 bits per heavy atom. The van der Waals surface area contributed by atoms with Gasteiger partial charge in [0.1, 0.15) is 0 Å². The third-order valence-electron chi connectivity index (χ3n) is 3.19. The zero-order valence-electron chi connectivity index (χ0n) is 9.15. The van der Waals surface area contributed by atoms with E-state index in [0.717, 1.165) is 12.8 Å². The first-order chi connectivity index (χ1) is 5.23. The van der Waals surface area contributed by atoms with Gasteiger partial charge in [0.25, 0.3) is 0 Å². The number of hydrogen-bond donors (Lipinski definition) is 2. The predicted octanol–water partition coefficient (Wildman–Crippen LogP) is 1.88. The molecule has 1 atom stereocenters. The Morgan fingerprint density at radius 3 is 1.83 bits per heavy atom. The Hall–Kier alpha value is -0.0800. The molecule has 0 aliphatic carbocycles. The molecule has 0 bridgehead atoms. The largest absolute Gasteiger partial charge is 0.327 e. The van der Waals surface area contributed by atoms with Gasteiger partial charge >= 0.3 is 0 Å². The smallest absolute Gasteiger partial charge is 0.0163 e. The van der Waals surface area contributed by atoms with E-state index in [9.17, 15) is 0 Å². The Balaban J connectivity index is 4.38. The zero-order valence-corrected chi connectivity index (χ0v) is 9.15. The highest BCUT2D eigenvalue weighted by Gasteiger charge is 2.38. The fourth-order valence-corrected chi connectivity index (χ4v) is 1.15. The standard InChI is InChI=1S/C10H24N2/c1-6-7-8(11)9(2,3)10(4,5)12/h8H,6-7,11-12H2,1-5H3. The summed E-state index contributed by atoms with van der Waals surface area (Å²) in [5.74, 6) is 0. The van der Waals surface area contributed by atoms with Gasteiger partial charge < -0.3 is 11.5 Å². The summed E-state index contributed by atoms with van der Waals surface area (Å²) in [5, 5.41) is 0. The van der Waals surface area contributed by atoms with E-state index in [1.165, 1.54) is 0 Å². The van der Waals surface area contributed by atoms with Crippen LogP contribution in [-0.4, -0.2) is 11.6 Å². The van der Waals surface area contributed by atoms with Crippen molar-refractivity contribution in [3.63, 3.8) is 0 Å². The van der Waals surface area contributed by atoms with Gasteiger partial charge in [-0.3, -0.25) is 0 Å². The van der Waals surface area contributed by atoms with Crippen LogP contribution in [0.15, 0.2) is 0 Å². The van der Waals surface area contributed by atoms with Gasteiger partial charge in [0, 0.05) is 11.6 Å². The second kappa shape index (κ2) is 3.75. The normalized spacial score (nSPS) is 16.2. The van der Waals surface area contributed by atoms with Crippen molar-refractivity contribution < 1.29 is 0 Å².